The number of rotatable bonds is 6. The number of hydrogen-bond acceptors (Lipinski definition) is 4. The van der Waals surface area contributed by atoms with E-state index in [1.165, 1.54) is 5.56 Å². The monoisotopic (exact) mass is 455 g/mol. The standard InChI is InChI=1S/C25H30ClN3O3/c26-23-9-7-19(8-10-23)25(31)29-11-3-6-22(18-29)24(30)27-16-20-4-1-2-5-21(20)17-28-12-14-32-15-13-28/h1-2,4-5,7-10,22H,3,6,11-18H2,(H,27,30)/t22-/m0/s1. The molecule has 2 amide bonds. The lowest BCUT2D eigenvalue weighted by molar-refractivity contribution is -0.126. The van der Waals surface area contributed by atoms with E-state index in [1.54, 1.807) is 29.2 Å². The van der Waals surface area contributed by atoms with Gasteiger partial charge in [0, 0.05) is 49.9 Å². The SMILES string of the molecule is O=C(NCc1ccccc1CN1CCOCC1)[C@H]1CCCN(C(=O)c2ccc(Cl)cc2)C1. The van der Waals surface area contributed by atoms with Crippen molar-refractivity contribution >= 4 is 23.4 Å². The molecule has 32 heavy (non-hydrogen) atoms. The van der Waals surface area contributed by atoms with Crippen LogP contribution >= 0.6 is 11.6 Å². The molecule has 0 aromatic heterocycles. The highest BCUT2D eigenvalue weighted by Crippen LogP contribution is 2.20. The summed E-state index contributed by atoms with van der Waals surface area (Å²) in [5, 5.41) is 3.72. The van der Waals surface area contributed by atoms with Crippen LogP contribution < -0.4 is 5.32 Å². The van der Waals surface area contributed by atoms with E-state index in [1.807, 2.05) is 12.1 Å². The largest absolute Gasteiger partial charge is 0.379 e. The molecular formula is C25H30ClN3O3. The van der Waals surface area contributed by atoms with Crippen molar-refractivity contribution in [1.82, 2.24) is 15.1 Å². The van der Waals surface area contributed by atoms with Crippen molar-refractivity contribution in [1.29, 1.82) is 0 Å². The Morgan fingerprint density at radius 2 is 1.72 bits per heavy atom. The van der Waals surface area contributed by atoms with E-state index in [0.717, 1.165) is 51.3 Å². The molecule has 2 aromatic rings. The molecule has 2 fully saturated rings. The number of nitrogens with zero attached hydrogens (tertiary/aromatic N) is 2. The average molecular weight is 456 g/mol. The minimum atomic E-state index is -0.189. The minimum Gasteiger partial charge on any atom is -0.379 e. The van der Waals surface area contributed by atoms with Gasteiger partial charge in [0.1, 0.15) is 0 Å². The number of morpholine rings is 1. The van der Waals surface area contributed by atoms with E-state index in [4.69, 9.17) is 16.3 Å². The third-order valence-electron chi connectivity index (χ3n) is 6.24. The third kappa shape index (κ3) is 5.88. The lowest BCUT2D eigenvalue weighted by Crippen LogP contribution is -2.45. The Labute approximate surface area is 194 Å². The van der Waals surface area contributed by atoms with Crippen molar-refractivity contribution in [2.45, 2.75) is 25.9 Å². The zero-order valence-corrected chi connectivity index (χ0v) is 19.0. The van der Waals surface area contributed by atoms with Crippen LogP contribution in [0.15, 0.2) is 48.5 Å². The fraction of sp³-hybridized carbons (Fsp3) is 0.440. The van der Waals surface area contributed by atoms with Crippen LogP contribution in [0.3, 0.4) is 0 Å². The second-order valence-electron chi connectivity index (χ2n) is 8.47. The summed E-state index contributed by atoms with van der Waals surface area (Å²) in [4.78, 5) is 29.9. The van der Waals surface area contributed by atoms with Crippen molar-refractivity contribution < 1.29 is 14.3 Å². The Balaban J connectivity index is 1.33. The van der Waals surface area contributed by atoms with Gasteiger partial charge in [-0.1, -0.05) is 35.9 Å². The lowest BCUT2D eigenvalue weighted by Gasteiger charge is -2.32. The van der Waals surface area contributed by atoms with Gasteiger partial charge in [-0.2, -0.15) is 0 Å². The molecule has 0 aliphatic carbocycles. The number of carbonyl (C=O) groups excluding carboxylic acids is 2. The second kappa shape index (κ2) is 10.9. The van der Waals surface area contributed by atoms with Crippen LogP contribution in [0.2, 0.25) is 5.02 Å². The summed E-state index contributed by atoms with van der Waals surface area (Å²) in [5.41, 5.74) is 2.97. The molecule has 1 N–H and O–H groups in total. The van der Waals surface area contributed by atoms with Gasteiger partial charge in [0.2, 0.25) is 5.91 Å². The summed E-state index contributed by atoms with van der Waals surface area (Å²) >= 11 is 5.93. The Bertz CT molecular complexity index is 928. The molecule has 6 nitrogen and oxygen atoms in total. The van der Waals surface area contributed by atoms with E-state index in [2.05, 4.69) is 22.3 Å². The second-order valence-corrected chi connectivity index (χ2v) is 8.91. The van der Waals surface area contributed by atoms with E-state index >= 15 is 0 Å². The van der Waals surface area contributed by atoms with Crippen LogP contribution in [-0.4, -0.2) is 61.0 Å². The number of likely N-dealkylation sites (tertiary alicyclic amines) is 1. The molecule has 0 spiro atoms. The summed E-state index contributed by atoms with van der Waals surface area (Å²) < 4.78 is 5.44. The molecule has 2 saturated heterocycles. The van der Waals surface area contributed by atoms with Gasteiger partial charge < -0.3 is 15.0 Å². The number of nitrogens with one attached hydrogen (secondary N) is 1. The van der Waals surface area contributed by atoms with Crippen LogP contribution in [0.5, 0.6) is 0 Å². The molecule has 7 heteroatoms. The first-order chi connectivity index (χ1) is 15.6. The van der Waals surface area contributed by atoms with E-state index in [-0.39, 0.29) is 17.7 Å². The fourth-order valence-corrected chi connectivity index (χ4v) is 4.49. The summed E-state index contributed by atoms with van der Waals surface area (Å²) in [5.74, 6) is -0.221. The predicted octanol–water partition coefficient (Wildman–Crippen LogP) is 3.34. The van der Waals surface area contributed by atoms with Crippen molar-refractivity contribution in [3.05, 3.63) is 70.2 Å². The molecule has 1 atom stereocenters. The normalized spacial score (nSPS) is 19.5. The summed E-state index contributed by atoms with van der Waals surface area (Å²) in [6.07, 6.45) is 1.62. The van der Waals surface area contributed by atoms with E-state index in [0.29, 0.717) is 30.2 Å². The summed E-state index contributed by atoms with van der Waals surface area (Å²) in [6, 6.07) is 15.2. The van der Waals surface area contributed by atoms with Gasteiger partial charge >= 0.3 is 0 Å². The molecule has 4 rings (SSSR count). The van der Waals surface area contributed by atoms with Crippen molar-refractivity contribution in [2.24, 2.45) is 5.92 Å². The van der Waals surface area contributed by atoms with Crippen molar-refractivity contribution in [2.75, 3.05) is 39.4 Å². The molecule has 0 bridgehead atoms. The Morgan fingerprint density at radius 3 is 2.47 bits per heavy atom. The summed E-state index contributed by atoms with van der Waals surface area (Å²) in [6.45, 7) is 5.89. The fourth-order valence-electron chi connectivity index (χ4n) is 4.36. The first-order valence-corrected chi connectivity index (χ1v) is 11.7. The van der Waals surface area contributed by atoms with Crippen LogP contribution in [0, 0.1) is 5.92 Å². The van der Waals surface area contributed by atoms with Gasteiger partial charge in [0.25, 0.3) is 5.91 Å². The van der Waals surface area contributed by atoms with Crippen LogP contribution in [0.1, 0.15) is 34.3 Å². The Morgan fingerprint density at radius 1 is 1.00 bits per heavy atom. The third-order valence-corrected chi connectivity index (χ3v) is 6.49. The molecule has 0 saturated carbocycles. The number of benzene rings is 2. The number of amides is 2. The van der Waals surface area contributed by atoms with Crippen LogP contribution in [-0.2, 0) is 22.6 Å². The maximum atomic E-state index is 12.9. The molecule has 2 aliphatic rings. The first kappa shape index (κ1) is 22.8. The topological polar surface area (TPSA) is 61.9 Å². The highest BCUT2D eigenvalue weighted by atomic mass is 35.5. The van der Waals surface area contributed by atoms with Gasteiger partial charge in [-0.15, -0.1) is 0 Å². The van der Waals surface area contributed by atoms with Gasteiger partial charge in [-0.3, -0.25) is 14.5 Å². The van der Waals surface area contributed by atoms with Crippen molar-refractivity contribution in [3.8, 4) is 0 Å². The quantitative estimate of drug-likeness (QED) is 0.725. The van der Waals surface area contributed by atoms with Crippen molar-refractivity contribution in [3.63, 3.8) is 0 Å². The maximum absolute atomic E-state index is 12.9. The van der Waals surface area contributed by atoms with Gasteiger partial charge in [-0.25, -0.2) is 0 Å². The van der Waals surface area contributed by atoms with Crippen LogP contribution in [0.25, 0.3) is 0 Å². The highest BCUT2D eigenvalue weighted by Gasteiger charge is 2.29. The highest BCUT2D eigenvalue weighted by molar-refractivity contribution is 6.30. The van der Waals surface area contributed by atoms with Gasteiger partial charge in [0.05, 0.1) is 19.1 Å². The number of halogens is 1. The molecule has 0 unspecified atom stereocenters. The number of piperidine rings is 1. The zero-order valence-electron chi connectivity index (χ0n) is 18.3. The molecule has 0 radical (unpaired) electrons. The van der Waals surface area contributed by atoms with Crippen LogP contribution in [0.4, 0.5) is 0 Å². The average Bonchev–Trinajstić information content (AvgIpc) is 2.84. The Hall–Kier alpha value is -2.41. The molecule has 2 aromatic carbocycles. The molecular weight excluding hydrogens is 426 g/mol. The number of carbonyl (C=O) groups is 2. The predicted molar refractivity (Wildman–Crippen MR) is 124 cm³/mol. The van der Waals surface area contributed by atoms with Gasteiger partial charge in [-0.05, 0) is 48.2 Å². The molecule has 2 heterocycles. The lowest BCUT2D eigenvalue weighted by atomic mass is 9.96. The van der Waals surface area contributed by atoms with E-state index < -0.39 is 0 Å². The number of ether oxygens (including phenoxy) is 1. The van der Waals surface area contributed by atoms with E-state index in [9.17, 15) is 9.59 Å². The Kier molecular flexibility index (Phi) is 7.79. The zero-order chi connectivity index (χ0) is 22.3. The number of hydrogen-bond donors (Lipinski definition) is 1. The molecule has 2 aliphatic heterocycles. The molecule has 170 valence electrons. The first-order valence-electron chi connectivity index (χ1n) is 11.3. The van der Waals surface area contributed by atoms with Gasteiger partial charge in [0.15, 0.2) is 0 Å². The summed E-state index contributed by atoms with van der Waals surface area (Å²) in [7, 11) is 0. The minimum absolute atomic E-state index is 0.0137. The smallest absolute Gasteiger partial charge is 0.253 e. The maximum Gasteiger partial charge on any atom is 0.253 e.